The Morgan fingerprint density at radius 2 is 1.85 bits per heavy atom. The van der Waals surface area contributed by atoms with Crippen LogP contribution in [0.3, 0.4) is 0 Å². The van der Waals surface area contributed by atoms with Crippen molar-refractivity contribution in [2.75, 3.05) is 11.9 Å². The average molecular weight is 458 g/mol. The molecule has 0 spiro atoms. The van der Waals surface area contributed by atoms with Crippen molar-refractivity contribution in [3.05, 3.63) is 93.6 Å². The number of amides is 2. The zero-order valence-electron chi connectivity index (χ0n) is 18.6. The maximum absolute atomic E-state index is 13.0. The van der Waals surface area contributed by atoms with Gasteiger partial charge in [0.2, 0.25) is 0 Å². The topological polar surface area (TPSA) is 62.3 Å². The number of anilines is 1. The third kappa shape index (κ3) is 5.24. The zero-order chi connectivity index (χ0) is 23.4. The molecule has 3 aromatic rings. The monoisotopic (exact) mass is 457 g/mol. The Morgan fingerprint density at radius 1 is 1.09 bits per heavy atom. The Balaban J connectivity index is 1.51. The van der Waals surface area contributed by atoms with E-state index in [1.807, 2.05) is 55.1 Å². The molecule has 1 aliphatic rings. The van der Waals surface area contributed by atoms with Crippen molar-refractivity contribution in [2.24, 2.45) is 0 Å². The second kappa shape index (κ2) is 9.89. The maximum Gasteiger partial charge on any atom is 0.258 e. The number of aromatic nitrogens is 1. The summed E-state index contributed by atoms with van der Waals surface area (Å²) >= 11 is 6.29. The second-order valence-electron chi connectivity index (χ2n) is 8.14. The molecule has 166 valence electrons. The molecule has 2 aromatic carbocycles. The molecule has 1 saturated heterocycles. The van der Waals surface area contributed by atoms with Gasteiger partial charge < -0.3 is 10.2 Å². The quantitative estimate of drug-likeness (QED) is 0.541. The van der Waals surface area contributed by atoms with Gasteiger partial charge in [-0.2, -0.15) is 0 Å². The second-order valence-corrected chi connectivity index (χ2v) is 8.55. The van der Waals surface area contributed by atoms with Gasteiger partial charge in [-0.15, -0.1) is 0 Å². The summed E-state index contributed by atoms with van der Waals surface area (Å²) in [6.07, 6.45) is 3.60. The third-order valence-corrected chi connectivity index (χ3v) is 6.04. The number of carbonyl (C=O) groups excluding carboxylic acids is 2. The molecule has 0 radical (unpaired) electrons. The number of benzene rings is 2. The highest BCUT2D eigenvalue weighted by Gasteiger charge is 2.27. The summed E-state index contributed by atoms with van der Waals surface area (Å²) in [4.78, 5) is 32.0. The minimum Gasteiger partial charge on any atom is -0.336 e. The Bertz CT molecular complexity index is 1260. The summed E-state index contributed by atoms with van der Waals surface area (Å²) in [7, 11) is 0. The smallest absolute Gasteiger partial charge is 0.258 e. The number of halogens is 1. The van der Waals surface area contributed by atoms with E-state index in [2.05, 4.69) is 22.1 Å². The molecule has 1 fully saturated rings. The number of nitrogens with zero attached hydrogens (tertiary/aromatic N) is 2. The summed E-state index contributed by atoms with van der Waals surface area (Å²) in [5.41, 5.74) is 3.13. The SMILES string of the molecule is Cc1cc(C#Cc2ccccc2)cnc1NC(=O)c1cc(C(=O)N2CCCC2C)ccc1Cl. The fourth-order valence-corrected chi connectivity index (χ4v) is 4.05. The van der Waals surface area contributed by atoms with E-state index in [-0.39, 0.29) is 22.5 Å². The number of nitrogens with one attached hydrogen (secondary N) is 1. The fourth-order valence-electron chi connectivity index (χ4n) is 3.85. The van der Waals surface area contributed by atoms with Crippen LogP contribution in [-0.2, 0) is 0 Å². The van der Waals surface area contributed by atoms with Gasteiger partial charge in [0.1, 0.15) is 5.82 Å². The average Bonchev–Trinajstić information content (AvgIpc) is 3.25. The standard InChI is InChI=1S/C27H24ClN3O2/c1-18-15-21(11-10-20-8-4-3-5-9-20)17-29-25(18)30-26(32)23-16-22(12-13-24(23)28)27(33)31-14-6-7-19(31)2/h3-5,8-9,12-13,15-17,19H,6-7,14H2,1-2H3,(H,29,30,32). The van der Waals surface area contributed by atoms with Crippen LogP contribution in [0.15, 0.2) is 60.8 Å². The Kier molecular flexibility index (Phi) is 6.76. The summed E-state index contributed by atoms with van der Waals surface area (Å²) in [6.45, 7) is 4.62. The molecule has 1 aliphatic heterocycles. The van der Waals surface area contributed by atoms with Crippen molar-refractivity contribution in [2.45, 2.75) is 32.7 Å². The highest BCUT2D eigenvalue weighted by atomic mass is 35.5. The summed E-state index contributed by atoms with van der Waals surface area (Å²) < 4.78 is 0. The van der Waals surface area contributed by atoms with Gasteiger partial charge in [0.25, 0.3) is 11.8 Å². The molecular weight excluding hydrogens is 434 g/mol. The minimum atomic E-state index is -0.414. The summed E-state index contributed by atoms with van der Waals surface area (Å²) in [5, 5.41) is 3.08. The third-order valence-electron chi connectivity index (χ3n) is 5.71. The van der Waals surface area contributed by atoms with E-state index < -0.39 is 5.91 Å². The van der Waals surface area contributed by atoms with Crippen molar-refractivity contribution in [1.29, 1.82) is 0 Å². The van der Waals surface area contributed by atoms with Gasteiger partial charge in [0, 0.05) is 35.5 Å². The van der Waals surface area contributed by atoms with Crippen molar-refractivity contribution in [3.8, 4) is 11.8 Å². The fraction of sp³-hybridized carbons (Fsp3) is 0.222. The van der Waals surface area contributed by atoms with Crippen LogP contribution in [0, 0.1) is 18.8 Å². The van der Waals surface area contributed by atoms with E-state index in [0.717, 1.165) is 36.1 Å². The number of pyridine rings is 1. The lowest BCUT2D eigenvalue weighted by atomic mass is 10.1. The highest BCUT2D eigenvalue weighted by molar-refractivity contribution is 6.34. The molecule has 4 rings (SSSR count). The predicted octanol–water partition coefficient (Wildman–Crippen LogP) is 5.32. The van der Waals surface area contributed by atoms with Gasteiger partial charge in [-0.3, -0.25) is 9.59 Å². The Labute approximate surface area is 198 Å². The summed E-state index contributed by atoms with van der Waals surface area (Å²) in [6, 6.07) is 16.6. The molecule has 2 heterocycles. The molecule has 0 aliphatic carbocycles. The van der Waals surface area contributed by atoms with Gasteiger partial charge in [-0.1, -0.05) is 41.6 Å². The molecule has 1 aromatic heterocycles. The van der Waals surface area contributed by atoms with Crippen molar-refractivity contribution < 1.29 is 9.59 Å². The molecule has 0 bridgehead atoms. The number of likely N-dealkylation sites (tertiary alicyclic amines) is 1. The molecule has 1 unspecified atom stereocenters. The lowest BCUT2D eigenvalue weighted by molar-refractivity contribution is 0.0747. The van der Waals surface area contributed by atoms with Gasteiger partial charge in [0.05, 0.1) is 10.6 Å². The van der Waals surface area contributed by atoms with Crippen molar-refractivity contribution in [3.63, 3.8) is 0 Å². The molecule has 6 heteroatoms. The normalized spacial score (nSPS) is 15.0. The van der Waals surface area contributed by atoms with Gasteiger partial charge in [-0.25, -0.2) is 4.98 Å². The summed E-state index contributed by atoms with van der Waals surface area (Å²) in [5.74, 6) is 6.11. The largest absolute Gasteiger partial charge is 0.336 e. The minimum absolute atomic E-state index is 0.0821. The number of carbonyl (C=O) groups is 2. The van der Waals surface area contributed by atoms with Crippen LogP contribution in [0.2, 0.25) is 5.02 Å². The van der Waals surface area contributed by atoms with Crippen LogP contribution < -0.4 is 5.32 Å². The molecule has 0 saturated carbocycles. The molecule has 1 N–H and O–H groups in total. The van der Waals surface area contributed by atoms with E-state index >= 15 is 0 Å². The first-order valence-corrected chi connectivity index (χ1v) is 11.3. The van der Waals surface area contributed by atoms with Crippen LogP contribution in [0.5, 0.6) is 0 Å². The number of rotatable bonds is 3. The van der Waals surface area contributed by atoms with Crippen molar-refractivity contribution in [1.82, 2.24) is 9.88 Å². The van der Waals surface area contributed by atoms with Crippen LogP contribution in [-0.4, -0.2) is 34.3 Å². The van der Waals surface area contributed by atoms with Crippen LogP contribution in [0.25, 0.3) is 0 Å². The van der Waals surface area contributed by atoms with Crippen molar-refractivity contribution >= 4 is 29.2 Å². The van der Waals surface area contributed by atoms with E-state index in [9.17, 15) is 9.59 Å². The highest BCUT2D eigenvalue weighted by Crippen LogP contribution is 2.24. The van der Waals surface area contributed by atoms with Crippen LogP contribution in [0.4, 0.5) is 5.82 Å². The van der Waals surface area contributed by atoms with Gasteiger partial charge in [-0.05, 0) is 68.7 Å². The van der Waals surface area contributed by atoms with E-state index in [1.165, 1.54) is 0 Å². The first kappa shape index (κ1) is 22.6. The Hall–Kier alpha value is -3.62. The predicted molar refractivity (Wildman–Crippen MR) is 131 cm³/mol. The van der Waals surface area contributed by atoms with E-state index in [4.69, 9.17) is 11.6 Å². The van der Waals surface area contributed by atoms with E-state index in [0.29, 0.717) is 11.4 Å². The number of hydrogen-bond acceptors (Lipinski definition) is 3. The molecular formula is C27H24ClN3O2. The molecule has 2 amide bonds. The lowest BCUT2D eigenvalue weighted by Gasteiger charge is -2.21. The number of aryl methyl sites for hydroxylation is 1. The van der Waals surface area contributed by atoms with E-state index in [1.54, 1.807) is 24.4 Å². The maximum atomic E-state index is 13.0. The van der Waals surface area contributed by atoms with Gasteiger partial charge >= 0.3 is 0 Å². The first-order chi connectivity index (χ1) is 15.9. The number of hydrogen-bond donors (Lipinski definition) is 1. The Morgan fingerprint density at radius 3 is 2.55 bits per heavy atom. The lowest BCUT2D eigenvalue weighted by Crippen LogP contribution is -2.33. The zero-order valence-corrected chi connectivity index (χ0v) is 19.3. The molecule has 33 heavy (non-hydrogen) atoms. The first-order valence-electron chi connectivity index (χ1n) is 10.9. The van der Waals surface area contributed by atoms with Crippen LogP contribution >= 0.6 is 11.6 Å². The molecule has 1 atom stereocenters. The van der Waals surface area contributed by atoms with Gasteiger partial charge in [0.15, 0.2) is 0 Å². The van der Waals surface area contributed by atoms with Crippen LogP contribution in [0.1, 0.15) is 57.2 Å². The molecule has 5 nitrogen and oxygen atoms in total.